The zero-order valence-corrected chi connectivity index (χ0v) is 53.7. The Bertz CT molecular complexity index is 5050. The predicted molar refractivity (Wildman–Crippen MR) is 394 cm³/mol. The van der Waals surface area contributed by atoms with Gasteiger partial charge in [0.1, 0.15) is 11.2 Å². The second kappa shape index (κ2) is 23.3. The molecule has 0 saturated carbocycles. The van der Waals surface area contributed by atoms with E-state index in [1.54, 1.807) is 0 Å². The summed E-state index contributed by atoms with van der Waals surface area (Å²) in [5.74, 6) is 0. The first-order valence-corrected chi connectivity index (χ1v) is 32.8. The van der Waals surface area contributed by atoms with Gasteiger partial charge in [-0.1, -0.05) is 286 Å². The number of benzene rings is 14. The monoisotopic (exact) mass is 1190 g/mol. The smallest absolute Gasteiger partial charge is 0.159 e. The first-order valence-electron chi connectivity index (χ1n) is 32.8. The molecule has 0 fully saturated rings. The summed E-state index contributed by atoms with van der Waals surface area (Å²) in [6.45, 7) is 17.8. The van der Waals surface area contributed by atoms with Crippen molar-refractivity contribution < 1.29 is 8.83 Å². The highest BCUT2D eigenvalue weighted by Gasteiger charge is 2.31. The number of rotatable bonds is 14. The molecule has 4 heteroatoms. The molecule has 14 aromatic carbocycles. The molecule has 0 atom stereocenters. The van der Waals surface area contributed by atoms with Crippen molar-refractivity contribution in [2.75, 3.05) is 9.80 Å². The van der Waals surface area contributed by atoms with Crippen LogP contribution in [0.1, 0.15) is 79.4 Å². The molecule has 0 spiro atoms. The lowest BCUT2D eigenvalue weighted by molar-refractivity contribution is 0.500. The van der Waals surface area contributed by atoms with Crippen LogP contribution in [0.4, 0.5) is 34.1 Å². The van der Waals surface area contributed by atoms with E-state index in [-0.39, 0.29) is 10.8 Å². The topological polar surface area (TPSA) is 32.8 Å². The van der Waals surface area contributed by atoms with Gasteiger partial charge in [0.2, 0.25) is 0 Å². The van der Waals surface area contributed by atoms with Gasteiger partial charge in [-0.15, -0.1) is 0 Å². The van der Waals surface area contributed by atoms with Crippen LogP contribution in [0.15, 0.2) is 288 Å². The van der Waals surface area contributed by atoms with Crippen LogP contribution >= 0.6 is 0 Å². The van der Waals surface area contributed by atoms with Crippen LogP contribution in [0.3, 0.4) is 0 Å². The van der Waals surface area contributed by atoms with Crippen molar-refractivity contribution in [1.82, 2.24) is 0 Å². The number of para-hydroxylation sites is 4. The zero-order valence-electron chi connectivity index (χ0n) is 53.7. The van der Waals surface area contributed by atoms with Crippen LogP contribution in [0.25, 0.3) is 121 Å². The molecule has 16 aromatic rings. The molecule has 0 radical (unpaired) electrons. The lowest BCUT2D eigenvalue weighted by Gasteiger charge is -2.31. The van der Waals surface area contributed by atoms with E-state index in [4.69, 9.17) is 8.83 Å². The Morgan fingerprint density at radius 2 is 0.598 bits per heavy atom. The number of fused-ring (bicyclic) bond motifs is 6. The highest BCUT2D eigenvalue weighted by molar-refractivity contribution is 6.29. The van der Waals surface area contributed by atoms with E-state index >= 15 is 0 Å². The lowest BCUT2D eigenvalue weighted by atomic mass is 9.81. The Kier molecular flexibility index (Phi) is 14.6. The second-order valence-electron chi connectivity index (χ2n) is 25.5. The third kappa shape index (κ3) is 9.58. The summed E-state index contributed by atoms with van der Waals surface area (Å²) in [4.78, 5) is 4.98. The number of anilines is 6. The maximum atomic E-state index is 7.41. The Morgan fingerprint density at radius 3 is 0.967 bits per heavy atom. The van der Waals surface area contributed by atoms with Crippen LogP contribution in [-0.4, -0.2) is 0 Å². The normalized spacial score (nSPS) is 12.0. The minimum absolute atomic E-state index is 0.107. The SMILES string of the molecule is CC.CCC(C)(C)c1cccc2c1oc1c(N(c3ccc(-c4ccccc4)cc3-c3ccccc3)c3ccc4ccc5c(N(c6ccc(-c7ccccc7)cc6-c6ccccc6)c6cccc7c6oc6c(C(C)(C)CC)cccc67)ccc6ccc3c4c65)cccc12. The molecule has 92 heavy (non-hydrogen) atoms. The van der Waals surface area contributed by atoms with Crippen molar-refractivity contribution in [1.29, 1.82) is 0 Å². The van der Waals surface area contributed by atoms with Gasteiger partial charge in [0.15, 0.2) is 11.2 Å². The molecule has 0 amide bonds. The minimum Gasteiger partial charge on any atom is -0.454 e. The number of furan rings is 2. The number of hydrogen-bond donors (Lipinski definition) is 0. The maximum Gasteiger partial charge on any atom is 0.159 e. The molecule has 0 bridgehead atoms. The van der Waals surface area contributed by atoms with E-state index in [2.05, 4.69) is 330 Å². The Balaban J connectivity index is 0.00000348. The minimum atomic E-state index is -0.107. The molecule has 16 rings (SSSR count). The predicted octanol–water partition coefficient (Wildman–Crippen LogP) is 26.4. The van der Waals surface area contributed by atoms with Crippen LogP contribution in [0.5, 0.6) is 0 Å². The van der Waals surface area contributed by atoms with E-state index in [0.717, 1.165) is 157 Å². The summed E-state index contributed by atoms with van der Waals surface area (Å²) in [6, 6.07) is 103. The summed E-state index contributed by atoms with van der Waals surface area (Å²) < 4.78 is 14.8. The highest BCUT2D eigenvalue weighted by Crippen LogP contribution is 2.54. The van der Waals surface area contributed by atoms with Crippen molar-refractivity contribution in [3.63, 3.8) is 0 Å². The van der Waals surface area contributed by atoms with Crippen molar-refractivity contribution in [2.24, 2.45) is 0 Å². The zero-order chi connectivity index (χ0) is 62.8. The highest BCUT2D eigenvalue weighted by atomic mass is 16.3. The number of nitrogens with zero attached hydrogens (tertiary/aromatic N) is 2. The fraction of sp³-hybridized carbons (Fsp3) is 0.136. The van der Waals surface area contributed by atoms with Gasteiger partial charge in [-0.3, -0.25) is 0 Å². The van der Waals surface area contributed by atoms with E-state index in [0.29, 0.717) is 0 Å². The van der Waals surface area contributed by atoms with E-state index in [1.807, 2.05) is 13.8 Å². The molecule has 0 saturated heterocycles. The standard InChI is InChI=1S/C86H68N2O2.C2H6/c1-7-85(3,4)71-37-21-33-63-65-35-23-39-77(83(65)89-81(63)71)87(75-51-45-61(55-25-13-9-14-26-55)53-69(75)57-29-17-11-18-30-57)73-49-43-59-42-48-68-74(50-44-60-41-47-67(73)79(59)80(60)68)88(76-52-46-62(56-27-15-10-16-28-56)54-70(76)58-31-19-12-20-32-58)78-40-24-36-66-64-34-22-38-72(86(5,6)8-2)82(64)90-84(66)78;1-2/h9-54H,7-8H2,1-6H3;1-2H3. The van der Waals surface area contributed by atoms with Crippen LogP contribution in [0.2, 0.25) is 0 Å². The van der Waals surface area contributed by atoms with Crippen LogP contribution in [-0.2, 0) is 10.8 Å². The van der Waals surface area contributed by atoms with Crippen LogP contribution < -0.4 is 9.80 Å². The molecule has 0 aliphatic rings. The van der Waals surface area contributed by atoms with Gasteiger partial charge < -0.3 is 18.6 Å². The first kappa shape index (κ1) is 57.7. The quantitative estimate of drug-likeness (QED) is 0.102. The molecule has 4 nitrogen and oxygen atoms in total. The number of hydrogen-bond acceptors (Lipinski definition) is 4. The summed E-state index contributed by atoms with van der Waals surface area (Å²) in [5, 5.41) is 11.4. The molecule has 0 aliphatic carbocycles. The van der Waals surface area contributed by atoms with Crippen molar-refractivity contribution in [3.05, 3.63) is 290 Å². The summed E-state index contributed by atoms with van der Waals surface area (Å²) in [5.41, 5.74) is 21.0. The lowest BCUT2D eigenvalue weighted by Crippen LogP contribution is -2.15. The third-order valence-corrected chi connectivity index (χ3v) is 19.7. The van der Waals surface area contributed by atoms with Crippen molar-refractivity contribution in [3.8, 4) is 44.5 Å². The molecular formula is C88H74N2O2. The van der Waals surface area contributed by atoms with Gasteiger partial charge >= 0.3 is 0 Å². The van der Waals surface area contributed by atoms with Gasteiger partial charge in [-0.2, -0.15) is 0 Å². The molecule has 448 valence electrons. The van der Waals surface area contributed by atoms with Crippen LogP contribution in [0, 0.1) is 0 Å². The van der Waals surface area contributed by atoms with Crippen molar-refractivity contribution in [2.45, 2.75) is 79.1 Å². The summed E-state index contributed by atoms with van der Waals surface area (Å²) >= 11 is 0. The second-order valence-corrected chi connectivity index (χ2v) is 25.5. The molecular weight excluding hydrogens is 1120 g/mol. The van der Waals surface area contributed by atoms with E-state index in [9.17, 15) is 0 Å². The fourth-order valence-corrected chi connectivity index (χ4v) is 14.1. The molecule has 0 N–H and O–H groups in total. The molecule has 2 aromatic heterocycles. The van der Waals surface area contributed by atoms with E-state index < -0.39 is 0 Å². The fourth-order valence-electron chi connectivity index (χ4n) is 14.1. The third-order valence-electron chi connectivity index (χ3n) is 19.7. The average molecular weight is 1190 g/mol. The molecule has 0 aliphatic heterocycles. The van der Waals surface area contributed by atoms with Gasteiger partial charge in [0.05, 0.1) is 34.1 Å². The van der Waals surface area contributed by atoms with Gasteiger partial charge in [0, 0.05) is 54.6 Å². The average Bonchev–Trinajstić information content (AvgIpc) is 0.925. The Hall–Kier alpha value is -10.7. The maximum absolute atomic E-state index is 7.41. The van der Waals surface area contributed by atoms with Gasteiger partial charge in [0.25, 0.3) is 0 Å². The Labute approximate surface area is 539 Å². The largest absolute Gasteiger partial charge is 0.454 e. The molecule has 2 heterocycles. The van der Waals surface area contributed by atoms with E-state index in [1.165, 1.54) is 21.9 Å². The summed E-state index contributed by atoms with van der Waals surface area (Å²) in [7, 11) is 0. The van der Waals surface area contributed by atoms with Gasteiger partial charge in [-0.25, -0.2) is 0 Å². The van der Waals surface area contributed by atoms with Gasteiger partial charge in [-0.05, 0) is 127 Å². The van der Waals surface area contributed by atoms with Crippen molar-refractivity contribution >= 4 is 110 Å². The summed E-state index contributed by atoms with van der Waals surface area (Å²) in [6.07, 6.45) is 1.95. The first-order chi connectivity index (χ1) is 45.1. The molecule has 0 unspecified atom stereocenters. The Morgan fingerprint density at radius 1 is 0.272 bits per heavy atom.